The Balaban J connectivity index is 3.30. The van der Waals surface area contributed by atoms with E-state index in [0.29, 0.717) is 12.8 Å². The van der Waals surface area contributed by atoms with Gasteiger partial charge in [-0.05, 0) is 12.8 Å². The molecular formula is C6H10NO3. The van der Waals surface area contributed by atoms with E-state index in [1.54, 1.807) is 6.29 Å². The first kappa shape index (κ1) is 9.10. The Morgan fingerprint density at radius 2 is 2.30 bits per heavy atom. The molecular weight excluding hydrogens is 134 g/mol. The summed E-state index contributed by atoms with van der Waals surface area (Å²) in [5.74, 6) is -1.02. The van der Waals surface area contributed by atoms with E-state index in [-0.39, 0.29) is 6.42 Å². The fourth-order valence-corrected chi connectivity index (χ4v) is 0.518. The minimum absolute atomic E-state index is 0.265. The number of carbonyl (C=O) groups is 1. The van der Waals surface area contributed by atoms with Crippen LogP contribution in [-0.4, -0.2) is 23.4 Å². The quantitative estimate of drug-likeness (QED) is 0.518. The Morgan fingerprint density at radius 1 is 1.70 bits per heavy atom. The average molecular weight is 144 g/mol. The summed E-state index contributed by atoms with van der Waals surface area (Å²) in [6, 6.07) is -0.839. The van der Waals surface area contributed by atoms with Crippen LogP contribution >= 0.6 is 0 Å². The van der Waals surface area contributed by atoms with Gasteiger partial charge in [0.25, 0.3) is 0 Å². The van der Waals surface area contributed by atoms with Crippen molar-refractivity contribution in [1.29, 1.82) is 0 Å². The SMILES string of the molecule is NC(CCC[C]=O)C(=O)O. The number of carboxylic acid groups (broad SMARTS) is 1. The van der Waals surface area contributed by atoms with Gasteiger partial charge in [-0.2, -0.15) is 0 Å². The minimum atomic E-state index is -1.02. The smallest absolute Gasteiger partial charge is 0.320 e. The number of unbranched alkanes of at least 4 members (excludes halogenated alkanes) is 1. The molecule has 0 aliphatic rings. The zero-order valence-electron chi connectivity index (χ0n) is 5.54. The van der Waals surface area contributed by atoms with E-state index in [0.717, 1.165) is 0 Å². The molecule has 0 aromatic carbocycles. The van der Waals surface area contributed by atoms with Crippen molar-refractivity contribution >= 4 is 12.3 Å². The molecule has 1 atom stereocenters. The number of hydrogen-bond donors (Lipinski definition) is 2. The van der Waals surface area contributed by atoms with Crippen LogP contribution in [0, 0.1) is 0 Å². The molecule has 0 saturated carbocycles. The third-order valence-corrected chi connectivity index (χ3v) is 1.11. The number of hydrogen-bond acceptors (Lipinski definition) is 3. The predicted molar refractivity (Wildman–Crippen MR) is 35.2 cm³/mol. The summed E-state index contributed by atoms with van der Waals surface area (Å²) in [5.41, 5.74) is 5.13. The van der Waals surface area contributed by atoms with Crippen LogP contribution in [0.5, 0.6) is 0 Å². The van der Waals surface area contributed by atoms with Crippen LogP contribution in [0.25, 0.3) is 0 Å². The topological polar surface area (TPSA) is 80.4 Å². The summed E-state index contributed by atoms with van der Waals surface area (Å²) in [7, 11) is 0. The average Bonchev–Trinajstić information content (AvgIpc) is 1.88. The zero-order chi connectivity index (χ0) is 7.98. The van der Waals surface area contributed by atoms with Gasteiger partial charge in [-0.25, -0.2) is 0 Å². The molecule has 0 amide bonds. The van der Waals surface area contributed by atoms with Gasteiger partial charge in [-0.1, -0.05) is 0 Å². The van der Waals surface area contributed by atoms with Crippen molar-refractivity contribution in [3.63, 3.8) is 0 Å². The number of carbonyl (C=O) groups excluding carboxylic acids is 1. The largest absolute Gasteiger partial charge is 0.480 e. The lowest BCUT2D eigenvalue weighted by molar-refractivity contribution is -0.138. The number of aliphatic carboxylic acids is 1. The maximum absolute atomic E-state index is 10.1. The standard InChI is InChI=1S/C6H10NO3/c7-5(6(9)10)3-1-2-4-8/h5H,1-3,7H2,(H,9,10). The zero-order valence-corrected chi connectivity index (χ0v) is 5.54. The highest BCUT2D eigenvalue weighted by atomic mass is 16.4. The van der Waals surface area contributed by atoms with Crippen LogP contribution < -0.4 is 5.73 Å². The molecule has 0 aliphatic carbocycles. The third-order valence-electron chi connectivity index (χ3n) is 1.11. The summed E-state index contributed by atoms with van der Waals surface area (Å²) in [6.45, 7) is 0. The van der Waals surface area contributed by atoms with Crippen molar-refractivity contribution in [3.05, 3.63) is 0 Å². The van der Waals surface area contributed by atoms with Crippen molar-refractivity contribution in [3.8, 4) is 0 Å². The van der Waals surface area contributed by atoms with Crippen LogP contribution in [0.1, 0.15) is 19.3 Å². The fraction of sp³-hybridized carbons (Fsp3) is 0.667. The molecule has 4 nitrogen and oxygen atoms in total. The third kappa shape index (κ3) is 4.03. The van der Waals surface area contributed by atoms with Gasteiger partial charge in [-0.3, -0.25) is 9.59 Å². The highest BCUT2D eigenvalue weighted by Gasteiger charge is 2.09. The van der Waals surface area contributed by atoms with Gasteiger partial charge in [0.1, 0.15) is 6.04 Å². The predicted octanol–water partition coefficient (Wildman–Crippen LogP) is -0.322. The highest BCUT2D eigenvalue weighted by Crippen LogP contribution is 1.96. The van der Waals surface area contributed by atoms with Crippen LogP contribution in [0.15, 0.2) is 0 Å². The molecule has 4 heteroatoms. The lowest BCUT2D eigenvalue weighted by atomic mass is 10.1. The second-order valence-corrected chi connectivity index (χ2v) is 1.98. The molecule has 0 spiro atoms. The lowest BCUT2D eigenvalue weighted by Crippen LogP contribution is -2.29. The van der Waals surface area contributed by atoms with E-state index in [1.807, 2.05) is 0 Å². The molecule has 0 aromatic heterocycles. The van der Waals surface area contributed by atoms with Crippen molar-refractivity contribution in [2.24, 2.45) is 5.73 Å². The summed E-state index contributed by atoms with van der Waals surface area (Å²) in [4.78, 5) is 19.7. The summed E-state index contributed by atoms with van der Waals surface area (Å²) in [6.07, 6.45) is 2.76. The van der Waals surface area contributed by atoms with E-state index < -0.39 is 12.0 Å². The van der Waals surface area contributed by atoms with Gasteiger partial charge in [0.15, 0.2) is 6.29 Å². The number of carboxylic acids is 1. The van der Waals surface area contributed by atoms with Crippen LogP contribution in [0.4, 0.5) is 0 Å². The van der Waals surface area contributed by atoms with E-state index in [9.17, 15) is 9.59 Å². The Hall–Kier alpha value is -0.900. The molecule has 0 saturated heterocycles. The molecule has 0 heterocycles. The van der Waals surface area contributed by atoms with Crippen LogP contribution in [0.3, 0.4) is 0 Å². The first-order valence-electron chi connectivity index (χ1n) is 3.02. The first-order chi connectivity index (χ1) is 4.68. The van der Waals surface area contributed by atoms with Gasteiger partial charge in [0.2, 0.25) is 0 Å². The molecule has 1 unspecified atom stereocenters. The first-order valence-corrected chi connectivity index (χ1v) is 3.02. The second kappa shape index (κ2) is 4.93. The monoisotopic (exact) mass is 144 g/mol. The van der Waals surface area contributed by atoms with E-state index in [2.05, 4.69) is 0 Å². The van der Waals surface area contributed by atoms with E-state index in [1.165, 1.54) is 0 Å². The van der Waals surface area contributed by atoms with E-state index in [4.69, 9.17) is 10.8 Å². The van der Waals surface area contributed by atoms with Gasteiger partial charge in [-0.15, -0.1) is 0 Å². The van der Waals surface area contributed by atoms with Crippen molar-refractivity contribution in [2.45, 2.75) is 25.3 Å². The van der Waals surface area contributed by atoms with Crippen LogP contribution in [-0.2, 0) is 9.59 Å². The van der Waals surface area contributed by atoms with Crippen molar-refractivity contribution < 1.29 is 14.7 Å². The van der Waals surface area contributed by atoms with Gasteiger partial charge < -0.3 is 10.8 Å². The van der Waals surface area contributed by atoms with Crippen molar-refractivity contribution in [1.82, 2.24) is 0 Å². The Morgan fingerprint density at radius 3 is 2.70 bits per heavy atom. The number of nitrogens with two attached hydrogens (primary N) is 1. The minimum Gasteiger partial charge on any atom is -0.480 e. The molecule has 1 radical (unpaired) electrons. The fourth-order valence-electron chi connectivity index (χ4n) is 0.518. The molecule has 10 heavy (non-hydrogen) atoms. The molecule has 0 aliphatic heterocycles. The molecule has 0 aromatic rings. The Bertz CT molecular complexity index is 124. The molecule has 0 rings (SSSR count). The summed E-state index contributed by atoms with van der Waals surface area (Å²) in [5, 5.41) is 8.26. The molecule has 3 N–H and O–H groups in total. The van der Waals surface area contributed by atoms with Gasteiger partial charge >= 0.3 is 5.97 Å². The Labute approximate surface area is 59.0 Å². The molecule has 57 valence electrons. The van der Waals surface area contributed by atoms with Gasteiger partial charge in [0, 0.05) is 6.42 Å². The van der Waals surface area contributed by atoms with Crippen molar-refractivity contribution in [2.75, 3.05) is 0 Å². The lowest BCUT2D eigenvalue weighted by Gasteiger charge is -2.01. The molecule has 0 fully saturated rings. The maximum atomic E-state index is 10.1. The second-order valence-electron chi connectivity index (χ2n) is 1.98. The normalized spacial score (nSPS) is 12.5. The summed E-state index contributed by atoms with van der Waals surface area (Å²) < 4.78 is 0. The van der Waals surface area contributed by atoms with Crippen LogP contribution in [0.2, 0.25) is 0 Å². The van der Waals surface area contributed by atoms with Gasteiger partial charge in [0.05, 0.1) is 0 Å². The maximum Gasteiger partial charge on any atom is 0.320 e. The summed E-state index contributed by atoms with van der Waals surface area (Å²) >= 11 is 0. The van der Waals surface area contributed by atoms with E-state index >= 15 is 0 Å². The highest BCUT2D eigenvalue weighted by molar-refractivity contribution is 5.73. The Kier molecular flexibility index (Phi) is 4.49. The number of rotatable bonds is 5. The molecule has 0 bridgehead atoms.